The van der Waals surface area contributed by atoms with Crippen molar-refractivity contribution in [2.45, 2.75) is 19.5 Å². The number of amides is 2. The number of urea groups is 1. The molecule has 0 unspecified atom stereocenters. The van der Waals surface area contributed by atoms with Gasteiger partial charge in [0.2, 0.25) is 0 Å². The highest BCUT2D eigenvalue weighted by Gasteiger charge is 2.09. The summed E-state index contributed by atoms with van der Waals surface area (Å²) in [4.78, 5) is 11.9. The lowest BCUT2D eigenvalue weighted by molar-refractivity contribution is 0.251. The average molecular weight is 370 g/mol. The fourth-order valence-corrected chi connectivity index (χ4v) is 2.76. The van der Waals surface area contributed by atoms with Gasteiger partial charge in [-0.15, -0.1) is 0 Å². The molecule has 6 heteroatoms. The Hall–Kier alpha value is -2.92. The second-order valence-electron chi connectivity index (χ2n) is 5.86. The number of hydrogen-bond donors (Lipinski definition) is 3. The highest BCUT2D eigenvalue weighted by molar-refractivity contribution is 6.33. The van der Waals surface area contributed by atoms with Crippen LogP contribution in [0.25, 0.3) is 0 Å². The molecule has 0 saturated carbocycles. The minimum Gasteiger partial charge on any atom is -0.467 e. The van der Waals surface area contributed by atoms with Gasteiger partial charge in [-0.2, -0.15) is 0 Å². The Morgan fingerprint density at radius 3 is 2.62 bits per heavy atom. The fourth-order valence-electron chi connectivity index (χ4n) is 2.52. The summed E-state index contributed by atoms with van der Waals surface area (Å²) in [5, 5.41) is 9.39. The number of halogens is 1. The van der Waals surface area contributed by atoms with E-state index in [-0.39, 0.29) is 12.1 Å². The van der Waals surface area contributed by atoms with Gasteiger partial charge in [0, 0.05) is 11.7 Å². The molecule has 1 heterocycles. The average Bonchev–Trinajstić information content (AvgIpc) is 3.16. The van der Waals surface area contributed by atoms with Crippen molar-refractivity contribution in [3.63, 3.8) is 0 Å². The maximum Gasteiger partial charge on any atom is 0.319 e. The Labute approximate surface area is 157 Å². The second-order valence-corrected chi connectivity index (χ2v) is 6.27. The smallest absolute Gasteiger partial charge is 0.319 e. The maximum absolute atomic E-state index is 11.9. The Balaban J connectivity index is 1.57. The summed E-state index contributed by atoms with van der Waals surface area (Å²) in [6, 6.07) is 18.8. The van der Waals surface area contributed by atoms with Gasteiger partial charge in [0.05, 0.1) is 23.5 Å². The lowest BCUT2D eigenvalue weighted by Crippen LogP contribution is -2.28. The standard InChI is InChI=1S/C20H20ClN3O2/c1-14(15-6-3-2-4-7-15)23-19-10-9-16(12-18(19)21)24-20(25)22-13-17-8-5-11-26-17/h2-12,14,23H,13H2,1H3,(H2,22,24,25)/t14-/m0/s1. The van der Waals surface area contributed by atoms with Crippen LogP contribution in [0.1, 0.15) is 24.3 Å². The molecule has 0 saturated heterocycles. The first-order chi connectivity index (χ1) is 12.6. The van der Waals surface area contributed by atoms with Crippen LogP contribution in [0.5, 0.6) is 0 Å². The number of benzene rings is 2. The van der Waals surface area contributed by atoms with E-state index in [2.05, 4.69) is 35.0 Å². The van der Waals surface area contributed by atoms with E-state index in [9.17, 15) is 4.79 Å². The normalized spacial score (nSPS) is 11.6. The van der Waals surface area contributed by atoms with Crippen molar-refractivity contribution >= 4 is 29.0 Å². The largest absolute Gasteiger partial charge is 0.467 e. The minimum atomic E-state index is -0.323. The molecule has 0 aliphatic heterocycles. The molecular weight excluding hydrogens is 350 g/mol. The molecule has 0 spiro atoms. The van der Waals surface area contributed by atoms with Crippen LogP contribution in [0.3, 0.4) is 0 Å². The van der Waals surface area contributed by atoms with E-state index in [4.69, 9.17) is 16.0 Å². The molecule has 5 nitrogen and oxygen atoms in total. The van der Waals surface area contributed by atoms with Gasteiger partial charge in [-0.25, -0.2) is 4.79 Å². The zero-order valence-corrected chi connectivity index (χ0v) is 15.1. The number of anilines is 2. The van der Waals surface area contributed by atoms with Gasteiger partial charge >= 0.3 is 6.03 Å². The maximum atomic E-state index is 11.9. The van der Waals surface area contributed by atoms with Crippen LogP contribution in [0, 0.1) is 0 Å². The minimum absolute atomic E-state index is 0.115. The van der Waals surface area contributed by atoms with E-state index in [1.54, 1.807) is 30.5 Å². The molecule has 2 amide bonds. The molecule has 0 fully saturated rings. The molecule has 3 N–H and O–H groups in total. The van der Waals surface area contributed by atoms with E-state index in [0.29, 0.717) is 23.0 Å². The van der Waals surface area contributed by atoms with Crippen LogP contribution in [-0.4, -0.2) is 6.03 Å². The van der Waals surface area contributed by atoms with Gasteiger partial charge in [0.1, 0.15) is 5.76 Å². The zero-order valence-electron chi connectivity index (χ0n) is 14.3. The van der Waals surface area contributed by atoms with E-state index < -0.39 is 0 Å². The zero-order chi connectivity index (χ0) is 18.4. The Bertz CT molecular complexity index is 851. The topological polar surface area (TPSA) is 66.3 Å². The van der Waals surface area contributed by atoms with Crippen molar-refractivity contribution in [1.82, 2.24) is 5.32 Å². The van der Waals surface area contributed by atoms with Crippen LogP contribution in [0.15, 0.2) is 71.3 Å². The number of carbonyl (C=O) groups is 1. The Kier molecular flexibility index (Phi) is 5.81. The van der Waals surface area contributed by atoms with Gasteiger partial charge in [-0.1, -0.05) is 41.9 Å². The monoisotopic (exact) mass is 369 g/mol. The summed E-state index contributed by atoms with van der Waals surface area (Å²) in [6.07, 6.45) is 1.57. The summed E-state index contributed by atoms with van der Waals surface area (Å²) in [5.41, 5.74) is 2.59. The van der Waals surface area contributed by atoms with Crippen molar-refractivity contribution in [2.75, 3.05) is 10.6 Å². The third-order valence-electron chi connectivity index (χ3n) is 3.90. The predicted molar refractivity (Wildman–Crippen MR) is 104 cm³/mol. The molecule has 1 atom stereocenters. The van der Waals surface area contributed by atoms with Gasteiger partial charge < -0.3 is 20.4 Å². The summed E-state index contributed by atoms with van der Waals surface area (Å²) in [7, 11) is 0. The van der Waals surface area contributed by atoms with E-state index in [1.165, 1.54) is 5.56 Å². The first-order valence-electron chi connectivity index (χ1n) is 8.30. The first kappa shape index (κ1) is 17.9. The van der Waals surface area contributed by atoms with Crippen molar-refractivity contribution in [2.24, 2.45) is 0 Å². The fraction of sp³-hybridized carbons (Fsp3) is 0.150. The third kappa shape index (κ3) is 4.80. The van der Waals surface area contributed by atoms with Crippen molar-refractivity contribution in [3.05, 3.63) is 83.3 Å². The molecule has 2 aromatic carbocycles. The van der Waals surface area contributed by atoms with E-state index >= 15 is 0 Å². The van der Waals surface area contributed by atoms with Crippen LogP contribution < -0.4 is 16.0 Å². The molecule has 26 heavy (non-hydrogen) atoms. The predicted octanol–water partition coefficient (Wildman–Crippen LogP) is 5.43. The number of carbonyl (C=O) groups excluding carboxylic acids is 1. The lowest BCUT2D eigenvalue weighted by Gasteiger charge is -2.17. The molecule has 0 radical (unpaired) electrons. The molecule has 0 bridgehead atoms. The molecule has 3 aromatic rings. The Morgan fingerprint density at radius 1 is 1.12 bits per heavy atom. The van der Waals surface area contributed by atoms with Gasteiger partial charge in [-0.05, 0) is 42.8 Å². The summed E-state index contributed by atoms with van der Waals surface area (Å²) < 4.78 is 5.17. The number of nitrogens with one attached hydrogen (secondary N) is 3. The van der Waals surface area contributed by atoms with Crippen LogP contribution in [0.2, 0.25) is 5.02 Å². The molecule has 3 rings (SSSR count). The number of furan rings is 1. The van der Waals surface area contributed by atoms with Crippen molar-refractivity contribution in [1.29, 1.82) is 0 Å². The van der Waals surface area contributed by atoms with E-state index in [0.717, 1.165) is 5.69 Å². The van der Waals surface area contributed by atoms with Crippen molar-refractivity contribution < 1.29 is 9.21 Å². The molecular formula is C20H20ClN3O2. The highest BCUT2D eigenvalue weighted by atomic mass is 35.5. The molecule has 134 valence electrons. The first-order valence-corrected chi connectivity index (χ1v) is 8.68. The van der Waals surface area contributed by atoms with Crippen LogP contribution >= 0.6 is 11.6 Å². The summed E-state index contributed by atoms with van der Waals surface area (Å²) in [6.45, 7) is 2.39. The number of hydrogen-bond acceptors (Lipinski definition) is 3. The molecule has 0 aliphatic rings. The lowest BCUT2D eigenvalue weighted by atomic mass is 10.1. The summed E-state index contributed by atoms with van der Waals surface area (Å²) in [5.74, 6) is 0.688. The molecule has 1 aromatic heterocycles. The SMILES string of the molecule is C[C@H](Nc1ccc(NC(=O)NCc2ccco2)cc1Cl)c1ccccc1. The van der Waals surface area contributed by atoms with Gasteiger partial charge in [0.25, 0.3) is 0 Å². The third-order valence-corrected chi connectivity index (χ3v) is 4.21. The second kappa shape index (κ2) is 8.45. The van der Waals surface area contributed by atoms with Crippen molar-refractivity contribution in [3.8, 4) is 0 Å². The van der Waals surface area contributed by atoms with Gasteiger partial charge in [-0.3, -0.25) is 0 Å². The quantitative estimate of drug-likeness (QED) is 0.543. The van der Waals surface area contributed by atoms with Crippen LogP contribution in [-0.2, 0) is 6.54 Å². The van der Waals surface area contributed by atoms with E-state index in [1.807, 2.05) is 24.3 Å². The van der Waals surface area contributed by atoms with Gasteiger partial charge in [0.15, 0.2) is 0 Å². The highest BCUT2D eigenvalue weighted by Crippen LogP contribution is 2.28. The number of rotatable bonds is 6. The molecule has 0 aliphatic carbocycles. The summed E-state index contributed by atoms with van der Waals surface area (Å²) >= 11 is 6.35. The van der Waals surface area contributed by atoms with Crippen LogP contribution in [0.4, 0.5) is 16.2 Å². The Morgan fingerprint density at radius 2 is 1.92 bits per heavy atom.